The van der Waals surface area contributed by atoms with Crippen molar-refractivity contribution >= 4 is 22.5 Å². The Morgan fingerprint density at radius 2 is 2.22 bits per heavy atom. The number of benzene rings is 1. The zero-order chi connectivity index (χ0) is 16.4. The number of rotatable bonds is 5. The molecule has 0 spiro atoms. The van der Waals surface area contributed by atoms with Gasteiger partial charge in [0.25, 0.3) is 11.2 Å². The highest BCUT2D eigenvalue weighted by molar-refractivity contribution is 5.80. The number of carbonyl (C=O) groups excluding carboxylic acids is 1. The Labute approximate surface area is 131 Å². The summed E-state index contributed by atoms with van der Waals surface area (Å²) in [5.41, 5.74) is -0.271. The molecule has 1 N–H and O–H groups in total. The highest BCUT2D eigenvalue weighted by Gasteiger charge is 2.18. The van der Waals surface area contributed by atoms with Crippen LogP contribution < -0.4 is 10.9 Å². The van der Waals surface area contributed by atoms with Gasteiger partial charge in [0.15, 0.2) is 0 Å². The zero-order valence-corrected chi connectivity index (χ0v) is 12.4. The Bertz CT molecular complexity index is 826. The highest BCUT2D eigenvalue weighted by atomic mass is 16.6. The van der Waals surface area contributed by atoms with Crippen molar-refractivity contribution in [3.8, 4) is 0 Å². The molecule has 8 heteroatoms. The van der Waals surface area contributed by atoms with Gasteiger partial charge < -0.3 is 5.32 Å². The van der Waals surface area contributed by atoms with Crippen LogP contribution in [0, 0.1) is 16.0 Å². The summed E-state index contributed by atoms with van der Waals surface area (Å²) in [4.78, 5) is 38.6. The molecule has 2 aromatic rings. The van der Waals surface area contributed by atoms with Crippen LogP contribution in [-0.2, 0) is 11.3 Å². The van der Waals surface area contributed by atoms with Gasteiger partial charge in [-0.15, -0.1) is 0 Å². The average Bonchev–Trinajstić information content (AvgIpc) is 2.48. The largest absolute Gasteiger partial charge is 0.354 e. The fourth-order valence-electron chi connectivity index (χ4n) is 2.54. The number of nitrogens with zero attached hydrogens (tertiary/aromatic N) is 3. The quantitative estimate of drug-likeness (QED) is 0.659. The summed E-state index contributed by atoms with van der Waals surface area (Å²) in [5.74, 6) is 0.277. The van der Waals surface area contributed by atoms with Crippen molar-refractivity contribution in [2.24, 2.45) is 5.92 Å². The molecule has 1 saturated carbocycles. The van der Waals surface area contributed by atoms with Crippen LogP contribution in [0.2, 0.25) is 0 Å². The molecule has 0 saturated heterocycles. The van der Waals surface area contributed by atoms with Crippen molar-refractivity contribution in [3.63, 3.8) is 0 Å². The molecule has 0 atom stereocenters. The monoisotopic (exact) mass is 316 g/mol. The summed E-state index contributed by atoms with van der Waals surface area (Å²) >= 11 is 0. The predicted octanol–water partition coefficient (Wildman–Crippen LogP) is 1.22. The van der Waals surface area contributed by atoms with Crippen LogP contribution in [0.5, 0.6) is 0 Å². The van der Waals surface area contributed by atoms with Crippen LogP contribution in [0.3, 0.4) is 0 Å². The normalized spacial score (nSPS) is 14.4. The molecule has 0 aliphatic heterocycles. The Hall–Kier alpha value is -2.77. The molecule has 1 fully saturated rings. The Morgan fingerprint density at radius 1 is 1.43 bits per heavy atom. The van der Waals surface area contributed by atoms with Crippen LogP contribution in [0.15, 0.2) is 29.3 Å². The molecular weight excluding hydrogens is 300 g/mol. The molecule has 3 rings (SSSR count). The lowest BCUT2D eigenvalue weighted by Gasteiger charge is -2.25. The maximum atomic E-state index is 12.4. The van der Waals surface area contributed by atoms with Crippen molar-refractivity contribution in [2.75, 3.05) is 6.54 Å². The second-order valence-electron chi connectivity index (χ2n) is 5.74. The lowest BCUT2D eigenvalue weighted by atomic mass is 9.85. The van der Waals surface area contributed by atoms with Crippen LogP contribution in [-0.4, -0.2) is 26.9 Å². The van der Waals surface area contributed by atoms with E-state index >= 15 is 0 Å². The first-order valence-electron chi connectivity index (χ1n) is 7.45. The molecule has 1 aromatic heterocycles. The molecule has 120 valence electrons. The fourth-order valence-corrected chi connectivity index (χ4v) is 2.54. The van der Waals surface area contributed by atoms with E-state index in [-0.39, 0.29) is 23.5 Å². The maximum absolute atomic E-state index is 12.4. The third-order valence-corrected chi connectivity index (χ3v) is 4.15. The SMILES string of the molecule is O=C(Cn1cnc2ccc([N+](=O)[O-])cc2c1=O)NCC1CCC1. The van der Waals surface area contributed by atoms with E-state index in [1.807, 2.05) is 0 Å². The summed E-state index contributed by atoms with van der Waals surface area (Å²) in [5, 5.41) is 13.7. The standard InChI is InChI=1S/C15H16N4O4/c20-14(16-7-10-2-1-3-10)8-18-9-17-13-5-4-11(19(22)23)6-12(13)15(18)21/h4-6,9-10H,1-3,7-8H2,(H,16,20). The van der Waals surface area contributed by atoms with Gasteiger partial charge >= 0.3 is 0 Å². The minimum atomic E-state index is -0.568. The van der Waals surface area contributed by atoms with Crippen molar-refractivity contribution in [2.45, 2.75) is 25.8 Å². The third kappa shape index (κ3) is 3.20. The van der Waals surface area contributed by atoms with Crippen LogP contribution in [0.1, 0.15) is 19.3 Å². The van der Waals surface area contributed by atoms with E-state index in [2.05, 4.69) is 10.3 Å². The number of hydrogen-bond acceptors (Lipinski definition) is 5. The van der Waals surface area contributed by atoms with Crippen LogP contribution in [0.4, 0.5) is 5.69 Å². The first-order chi connectivity index (χ1) is 11.0. The minimum absolute atomic E-state index is 0.133. The molecule has 1 amide bonds. The van der Waals surface area contributed by atoms with E-state index in [1.54, 1.807) is 0 Å². The van der Waals surface area contributed by atoms with Gasteiger partial charge in [-0.3, -0.25) is 24.3 Å². The van der Waals surface area contributed by atoms with Crippen molar-refractivity contribution < 1.29 is 9.72 Å². The summed E-state index contributed by atoms with van der Waals surface area (Å²) < 4.78 is 1.17. The number of nitro benzene ring substituents is 1. The van der Waals surface area contributed by atoms with Gasteiger partial charge in [0.1, 0.15) is 6.54 Å². The topological polar surface area (TPSA) is 107 Å². The second-order valence-corrected chi connectivity index (χ2v) is 5.74. The van der Waals surface area contributed by atoms with E-state index in [0.717, 1.165) is 12.8 Å². The van der Waals surface area contributed by atoms with E-state index < -0.39 is 10.5 Å². The molecule has 1 aliphatic rings. The van der Waals surface area contributed by atoms with Gasteiger partial charge in [-0.1, -0.05) is 6.42 Å². The molecule has 1 heterocycles. The molecule has 8 nitrogen and oxygen atoms in total. The van der Waals surface area contributed by atoms with E-state index in [9.17, 15) is 19.7 Å². The Balaban J connectivity index is 1.80. The zero-order valence-electron chi connectivity index (χ0n) is 12.4. The number of nitrogens with one attached hydrogen (secondary N) is 1. The number of non-ortho nitro benzene ring substituents is 1. The van der Waals surface area contributed by atoms with E-state index in [4.69, 9.17) is 0 Å². The molecule has 23 heavy (non-hydrogen) atoms. The molecule has 1 aliphatic carbocycles. The van der Waals surface area contributed by atoms with Gasteiger partial charge in [-0.25, -0.2) is 4.98 Å². The second kappa shape index (κ2) is 6.15. The summed E-state index contributed by atoms with van der Waals surface area (Å²) in [7, 11) is 0. The van der Waals surface area contributed by atoms with Gasteiger partial charge in [-0.05, 0) is 24.8 Å². The average molecular weight is 316 g/mol. The van der Waals surface area contributed by atoms with Gasteiger partial charge in [0, 0.05) is 18.7 Å². The number of amides is 1. The Kier molecular flexibility index (Phi) is 4.05. The fraction of sp³-hybridized carbons (Fsp3) is 0.400. The number of aromatic nitrogens is 2. The summed E-state index contributed by atoms with van der Waals surface area (Å²) in [6.07, 6.45) is 4.75. The predicted molar refractivity (Wildman–Crippen MR) is 83.0 cm³/mol. The van der Waals surface area contributed by atoms with Gasteiger partial charge in [-0.2, -0.15) is 0 Å². The van der Waals surface area contributed by atoms with Gasteiger partial charge in [0.2, 0.25) is 5.91 Å². The minimum Gasteiger partial charge on any atom is -0.354 e. The van der Waals surface area contributed by atoms with E-state index in [1.165, 1.54) is 35.5 Å². The maximum Gasteiger partial charge on any atom is 0.270 e. The van der Waals surface area contributed by atoms with Crippen molar-refractivity contribution in [1.29, 1.82) is 0 Å². The first kappa shape index (κ1) is 15.1. The summed E-state index contributed by atoms with van der Waals surface area (Å²) in [6, 6.07) is 3.91. The number of hydrogen-bond donors (Lipinski definition) is 1. The van der Waals surface area contributed by atoms with E-state index in [0.29, 0.717) is 18.0 Å². The molecule has 0 unspecified atom stereocenters. The third-order valence-electron chi connectivity index (χ3n) is 4.15. The van der Waals surface area contributed by atoms with Crippen molar-refractivity contribution in [1.82, 2.24) is 14.9 Å². The smallest absolute Gasteiger partial charge is 0.270 e. The molecular formula is C15H16N4O4. The lowest BCUT2D eigenvalue weighted by molar-refractivity contribution is -0.384. The first-order valence-corrected chi connectivity index (χ1v) is 7.45. The number of nitro groups is 1. The lowest BCUT2D eigenvalue weighted by Crippen LogP contribution is -2.36. The highest BCUT2D eigenvalue weighted by Crippen LogP contribution is 2.25. The number of carbonyl (C=O) groups is 1. The van der Waals surface area contributed by atoms with Crippen LogP contribution in [0.25, 0.3) is 10.9 Å². The van der Waals surface area contributed by atoms with Crippen molar-refractivity contribution in [3.05, 3.63) is 45.0 Å². The molecule has 1 aromatic carbocycles. The van der Waals surface area contributed by atoms with Gasteiger partial charge in [0.05, 0.1) is 22.2 Å². The molecule has 0 radical (unpaired) electrons. The van der Waals surface area contributed by atoms with Crippen LogP contribution >= 0.6 is 0 Å². The summed E-state index contributed by atoms with van der Waals surface area (Å²) in [6.45, 7) is 0.483. The molecule has 0 bridgehead atoms. The number of fused-ring (bicyclic) bond motifs is 1. The Morgan fingerprint density at radius 3 is 2.87 bits per heavy atom.